The molecule has 0 saturated heterocycles. The van der Waals surface area contributed by atoms with Crippen molar-refractivity contribution in [1.82, 2.24) is 4.90 Å². The Morgan fingerprint density at radius 2 is 1.86 bits per heavy atom. The van der Waals surface area contributed by atoms with Gasteiger partial charge in [0, 0.05) is 30.6 Å². The fourth-order valence-corrected chi connectivity index (χ4v) is 3.33. The first-order valence-electron chi connectivity index (χ1n) is 7.88. The van der Waals surface area contributed by atoms with Crippen molar-refractivity contribution in [1.29, 1.82) is 0 Å². The lowest BCUT2D eigenvalue weighted by molar-refractivity contribution is -0.137. The molecular formula is C18H22N2O2. The molecule has 1 heterocycles. The Kier molecular flexibility index (Phi) is 4.29. The van der Waals surface area contributed by atoms with E-state index < -0.39 is 5.97 Å². The van der Waals surface area contributed by atoms with Crippen LogP contribution >= 0.6 is 0 Å². The van der Waals surface area contributed by atoms with E-state index >= 15 is 0 Å². The largest absolute Gasteiger partial charge is 0.481 e. The first-order chi connectivity index (χ1) is 10.6. The van der Waals surface area contributed by atoms with E-state index in [0.29, 0.717) is 0 Å². The Hall–Kier alpha value is -2.07. The number of unbranched alkanes of at least 4 members (excludes halogenated alkanes) is 2. The molecule has 1 aliphatic heterocycles. The van der Waals surface area contributed by atoms with Crippen LogP contribution in [0.15, 0.2) is 30.3 Å². The molecule has 2 aromatic carbocycles. The zero-order chi connectivity index (χ0) is 15.5. The van der Waals surface area contributed by atoms with Crippen LogP contribution in [0.25, 0.3) is 10.8 Å². The second-order valence-electron chi connectivity index (χ2n) is 6.07. The molecule has 4 heteroatoms. The van der Waals surface area contributed by atoms with E-state index in [2.05, 4.69) is 29.2 Å². The van der Waals surface area contributed by atoms with Gasteiger partial charge in [-0.15, -0.1) is 0 Å². The maximum absolute atomic E-state index is 10.5. The molecular weight excluding hydrogens is 276 g/mol. The zero-order valence-electron chi connectivity index (χ0n) is 12.7. The summed E-state index contributed by atoms with van der Waals surface area (Å²) in [5.74, 6) is -0.698. The molecule has 116 valence electrons. The van der Waals surface area contributed by atoms with Crippen LogP contribution in [-0.4, -0.2) is 22.5 Å². The number of anilines is 1. The van der Waals surface area contributed by atoms with Gasteiger partial charge in [0.05, 0.1) is 0 Å². The van der Waals surface area contributed by atoms with Crippen molar-refractivity contribution in [3.8, 4) is 0 Å². The number of aliphatic carboxylic acids is 1. The summed E-state index contributed by atoms with van der Waals surface area (Å²) in [5, 5.41) is 11.1. The lowest BCUT2D eigenvalue weighted by Gasteiger charge is -2.29. The highest BCUT2D eigenvalue weighted by Crippen LogP contribution is 2.33. The monoisotopic (exact) mass is 298 g/mol. The molecule has 2 aromatic rings. The quantitative estimate of drug-likeness (QED) is 0.634. The highest BCUT2D eigenvalue weighted by molar-refractivity contribution is 5.97. The van der Waals surface area contributed by atoms with Crippen LogP contribution in [0.2, 0.25) is 0 Å². The SMILES string of the molecule is Nc1ccc2c3c(cccc13)CN(CCCCCC(=O)O)C2. The van der Waals surface area contributed by atoms with E-state index in [9.17, 15) is 4.79 Å². The van der Waals surface area contributed by atoms with Gasteiger partial charge in [-0.25, -0.2) is 0 Å². The molecule has 1 aliphatic rings. The van der Waals surface area contributed by atoms with E-state index in [-0.39, 0.29) is 6.42 Å². The van der Waals surface area contributed by atoms with Gasteiger partial charge in [-0.3, -0.25) is 9.69 Å². The lowest BCUT2D eigenvalue weighted by Crippen LogP contribution is -2.27. The van der Waals surface area contributed by atoms with Crippen molar-refractivity contribution in [2.45, 2.75) is 38.8 Å². The van der Waals surface area contributed by atoms with Gasteiger partial charge in [0.2, 0.25) is 0 Å². The molecule has 3 rings (SSSR count). The van der Waals surface area contributed by atoms with Gasteiger partial charge in [-0.05, 0) is 42.0 Å². The van der Waals surface area contributed by atoms with Crippen LogP contribution < -0.4 is 5.73 Å². The van der Waals surface area contributed by atoms with Gasteiger partial charge in [-0.1, -0.05) is 30.7 Å². The van der Waals surface area contributed by atoms with Gasteiger partial charge in [-0.2, -0.15) is 0 Å². The first kappa shape index (κ1) is 14.9. The van der Waals surface area contributed by atoms with Crippen LogP contribution in [0.4, 0.5) is 5.69 Å². The van der Waals surface area contributed by atoms with E-state index in [0.717, 1.165) is 50.0 Å². The summed E-state index contributed by atoms with van der Waals surface area (Å²) in [6.07, 6.45) is 3.07. The van der Waals surface area contributed by atoms with E-state index in [4.69, 9.17) is 10.8 Å². The predicted octanol–water partition coefficient (Wildman–Crippen LogP) is 3.38. The molecule has 0 unspecified atom stereocenters. The Balaban J connectivity index is 1.65. The Labute approximate surface area is 130 Å². The van der Waals surface area contributed by atoms with Crippen molar-refractivity contribution < 1.29 is 9.90 Å². The molecule has 0 spiro atoms. The van der Waals surface area contributed by atoms with Crippen molar-refractivity contribution in [3.63, 3.8) is 0 Å². The number of nitrogens with zero attached hydrogens (tertiary/aromatic N) is 1. The topological polar surface area (TPSA) is 66.6 Å². The van der Waals surface area contributed by atoms with Gasteiger partial charge < -0.3 is 10.8 Å². The Morgan fingerprint density at radius 3 is 2.64 bits per heavy atom. The van der Waals surface area contributed by atoms with Crippen molar-refractivity contribution in [2.24, 2.45) is 0 Å². The third kappa shape index (κ3) is 3.07. The number of nitrogens with two attached hydrogens (primary N) is 1. The maximum atomic E-state index is 10.5. The molecule has 0 saturated carbocycles. The van der Waals surface area contributed by atoms with Crippen molar-refractivity contribution in [3.05, 3.63) is 41.5 Å². The number of carbonyl (C=O) groups is 1. The van der Waals surface area contributed by atoms with Crippen LogP contribution in [-0.2, 0) is 17.9 Å². The molecule has 4 nitrogen and oxygen atoms in total. The van der Waals surface area contributed by atoms with Gasteiger partial charge >= 0.3 is 5.97 Å². The second kappa shape index (κ2) is 6.36. The smallest absolute Gasteiger partial charge is 0.303 e. The summed E-state index contributed by atoms with van der Waals surface area (Å²) in [7, 11) is 0. The fourth-order valence-electron chi connectivity index (χ4n) is 3.33. The fraction of sp³-hybridized carbons (Fsp3) is 0.389. The van der Waals surface area contributed by atoms with Crippen LogP contribution in [0.5, 0.6) is 0 Å². The molecule has 0 atom stereocenters. The predicted molar refractivity (Wildman–Crippen MR) is 88.6 cm³/mol. The van der Waals surface area contributed by atoms with Gasteiger partial charge in [0.1, 0.15) is 0 Å². The normalized spacial score (nSPS) is 14.4. The zero-order valence-corrected chi connectivity index (χ0v) is 12.7. The minimum absolute atomic E-state index is 0.279. The summed E-state index contributed by atoms with van der Waals surface area (Å²) in [4.78, 5) is 13.0. The average molecular weight is 298 g/mol. The van der Waals surface area contributed by atoms with Crippen LogP contribution in [0.3, 0.4) is 0 Å². The lowest BCUT2D eigenvalue weighted by atomic mass is 9.94. The van der Waals surface area contributed by atoms with Crippen molar-refractivity contribution in [2.75, 3.05) is 12.3 Å². The van der Waals surface area contributed by atoms with Crippen LogP contribution in [0, 0.1) is 0 Å². The number of carboxylic acid groups (broad SMARTS) is 1. The number of nitrogen functional groups attached to an aromatic ring is 1. The Morgan fingerprint density at radius 1 is 1.09 bits per heavy atom. The highest BCUT2D eigenvalue weighted by Gasteiger charge is 2.18. The molecule has 22 heavy (non-hydrogen) atoms. The third-order valence-electron chi connectivity index (χ3n) is 4.40. The average Bonchev–Trinajstić information content (AvgIpc) is 2.50. The summed E-state index contributed by atoms with van der Waals surface area (Å²) < 4.78 is 0. The third-order valence-corrected chi connectivity index (χ3v) is 4.40. The van der Waals surface area contributed by atoms with Crippen LogP contribution in [0.1, 0.15) is 36.8 Å². The first-order valence-corrected chi connectivity index (χ1v) is 7.88. The molecule has 0 radical (unpaired) electrons. The summed E-state index contributed by atoms with van der Waals surface area (Å²) in [6, 6.07) is 10.5. The van der Waals surface area contributed by atoms with Crippen molar-refractivity contribution >= 4 is 22.4 Å². The van der Waals surface area contributed by atoms with E-state index in [1.807, 2.05) is 6.07 Å². The van der Waals surface area contributed by atoms with E-state index in [1.165, 1.54) is 16.5 Å². The number of benzene rings is 2. The molecule has 0 amide bonds. The molecule has 0 fully saturated rings. The minimum Gasteiger partial charge on any atom is -0.481 e. The molecule has 0 aromatic heterocycles. The maximum Gasteiger partial charge on any atom is 0.303 e. The summed E-state index contributed by atoms with van der Waals surface area (Å²) in [5.41, 5.74) is 9.62. The molecule has 0 aliphatic carbocycles. The second-order valence-corrected chi connectivity index (χ2v) is 6.07. The number of carboxylic acids is 1. The van der Waals surface area contributed by atoms with Gasteiger partial charge in [0.25, 0.3) is 0 Å². The number of hydrogen-bond acceptors (Lipinski definition) is 3. The summed E-state index contributed by atoms with van der Waals surface area (Å²) in [6.45, 7) is 2.92. The highest BCUT2D eigenvalue weighted by atomic mass is 16.4. The molecule has 3 N–H and O–H groups in total. The standard InChI is InChI=1S/C18H22N2O2/c19-16-9-8-14-12-20(10-3-1-2-7-17(21)22)11-13-5-4-6-15(16)18(13)14/h4-6,8-9H,1-3,7,10-12,19H2,(H,21,22). The minimum atomic E-state index is -0.698. The number of hydrogen-bond donors (Lipinski definition) is 2. The number of rotatable bonds is 6. The van der Waals surface area contributed by atoms with E-state index in [1.54, 1.807) is 0 Å². The Bertz CT molecular complexity index is 685. The summed E-state index contributed by atoms with van der Waals surface area (Å²) >= 11 is 0. The van der Waals surface area contributed by atoms with Gasteiger partial charge in [0.15, 0.2) is 0 Å². The molecule has 0 bridgehead atoms.